The van der Waals surface area contributed by atoms with Crippen LogP contribution in [0.25, 0.3) is 0 Å². The highest BCUT2D eigenvalue weighted by atomic mass is 35.5. The number of hydrogen-bond donors (Lipinski definition) is 0. The van der Waals surface area contributed by atoms with Crippen molar-refractivity contribution in [3.8, 4) is 0 Å². The van der Waals surface area contributed by atoms with Gasteiger partial charge in [0.15, 0.2) is 9.84 Å². The maximum atomic E-state index is 11.6. The van der Waals surface area contributed by atoms with Crippen LogP contribution in [0, 0.1) is 6.07 Å². The van der Waals surface area contributed by atoms with Crippen molar-refractivity contribution in [3.05, 3.63) is 28.8 Å². The SMILES string of the molecule is CS(=O)(=O)c1cc[c]c(Cl)c1C1=NOCC1. The van der Waals surface area contributed by atoms with Crippen LogP contribution in [0.5, 0.6) is 0 Å². The lowest BCUT2D eigenvalue weighted by Gasteiger charge is -2.07. The fraction of sp³-hybridized carbons (Fsp3) is 0.300. The fourth-order valence-electron chi connectivity index (χ4n) is 1.51. The quantitative estimate of drug-likeness (QED) is 0.811. The number of sulfone groups is 1. The van der Waals surface area contributed by atoms with Crippen LogP contribution in [0.3, 0.4) is 0 Å². The molecular weight excluding hydrogens is 250 g/mol. The third-order valence-corrected chi connectivity index (χ3v) is 3.64. The maximum Gasteiger partial charge on any atom is 0.176 e. The average molecular weight is 259 g/mol. The molecule has 0 saturated heterocycles. The van der Waals surface area contributed by atoms with Crippen molar-refractivity contribution < 1.29 is 13.3 Å². The van der Waals surface area contributed by atoms with Crippen molar-refractivity contribution in [1.29, 1.82) is 0 Å². The number of rotatable bonds is 2. The first-order chi connectivity index (χ1) is 7.50. The van der Waals surface area contributed by atoms with E-state index in [9.17, 15) is 8.42 Å². The summed E-state index contributed by atoms with van der Waals surface area (Å²) in [5, 5.41) is 4.05. The lowest BCUT2D eigenvalue weighted by Crippen LogP contribution is -2.08. The van der Waals surface area contributed by atoms with Crippen LogP contribution in [-0.2, 0) is 14.7 Å². The summed E-state index contributed by atoms with van der Waals surface area (Å²) in [4.78, 5) is 5.02. The molecule has 1 radical (unpaired) electrons. The van der Waals surface area contributed by atoms with Crippen LogP contribution < -0.4 is 0 Å². The molecule has 2 rings (SSSR count). The summed E-state index contributed by atoms with van der Waals surface area (Å²) in [6.45, 7) is 0.448. The van der Waals surface area contributed by atoms with E-state index in [1.165, 1.54) is 12.1 Å². The van der Waals surface area contributed by atoms with Crippen LogP contribution in [0.1, 0.15) is 12.0 Å². The third kappa shape index (κ3) is 2.05. The largest absolute Gasteiger partial charge is 0.395 e. The molecule has 16 heavy (non-hydrogen) atoms. The summed E-state index contributed by atoms with van der Waals surface area (Å²) in [6, 6.07) is 5.71. The van der Waals surface area contributed by atoms with Crippen LogP contribution in [-0.4, -0.2) is 27.0 Å². The van der Waals surface area contributed by atoms with Gasteiger partial charge in [-0.25, -0.2) is 8.42 Å². The Morgan fingerprint density at radius 2 is 2.31 bits per heavy atom. The molecule has 0 spiro atoms. The third-order valence-electron chi connectivity index (χ3n) is 2.20. The Bertz CT molecular complexity index is 551. The Kier molecular flexibility index (Phi) is 2.90. The van der Waals surface area contributed by atoms with Crippen molar-refractivity contribution in [3.63, 3.8) is 0 Å². The maximum absolute atomic E-state index is 11.6. The van der Waals surface area contributed by atoms with Crippen molar-refractivity contribution in [2.75, 3.05) is 12.9 Å². The molecule has 0 saturated carbocycles. The zero-order chi connectivity index (χ0) is 11.8. The number of oxime groups is 1. The zero-order valence-electron chi connectivity index (χ0n) is 8.53. The highest BCUT2D eigenvalue weighted by Gasteiger charge is 2.22. The molecule has 1 aliphatic heterocycles. The van der Waals surface area contributed by atoms with E-state index in [-0.39, 0.29) is 9.92 Å². The molecule has 1 aromatic rings. The second-order valence-electron chi connectivity index (χ2n) is 3.42. The Morgan fingerprint density at radius 1 is 1.56 bits per heavy atom. The van der Waals surface area contributed by atoms with E-state index in [1.54, 1.807) is 0 Å². The normalized spacial score (nSPS) is 15.8. The van der Waals surface area contributed by atoms with Crippen molar-refractivity contribution in [2.24, 2.45) is 5.16 Å². The van der Waals surface area contributed by atoms with Gasteiger partial charge in [0, 0.05) is 24.3 Å². The van der Waals surface area contributed by atoms with Gasteiger partial charge < -0.3 is 4.84 Å². The summed E-state index contributed by atoms with van der Waals surface area (Å²) in [7, 11) is -3.33. The predicted molar refractivity (Wildman–Crippen MR) is 60.5 cm³/mol. The van der Waals surface area contributed by atoms with E-state index in [2.05, 4.69) is 11.2 Å². The standard InChI is InChI=1S/C10H9ClNO3S/c1-16(13,14)9-4-2-3-7(11)10(9)8-5-6-15-12-8/h2,4H,5-6H2,1H3. The molecule has 1 aliphatic rings. The highest BCUT2D eigenvalue weighted by molar-refractivity contribution is 7.90. The molecule has 6 heteroatoms. The zero-order valence-corrected chi connectivity index (χ0v) is 10.1. The topological polar surface area (TPSA) is 55.7 Å². The summed E-state index contributed by atoms with van der Waals surface area (Å²) in [5.74, 6) is 0. The minimum absolute atomic E-state index is 0.167. The highest BCUT2D eigenvalue weighted by Crippen LogP contribution is 2.26. The van der Waals surface area contributed by atoms with E-state index in [0.717, 1.165) is 6.26 Å². The Hall–Kier alpha value is -1.07. The van der Waals surface area contributed by atoms with Gasteiger partial charge in [0.2, 0.25) is 0 Å². The van der Waals surface area contributed by atoms with Crippen molar-refractivity contribution >= 4 is 27.1 Å². The van der Waals surface area contributed by atoms with Gasteiger partial charge in [-0.3, -0.25) is 0 Å². The van der Waals surface area contributed by atoms with E-state index in [0.29, 0.717) is 24.3 Å². The fourth-order valence-corrected chi connectivity index (χ4v) is 2.75. The van der Waals surface area contributed by atoms with Gasteiger partial charge in [-0.1, -0.05) is 22.8 Å². The predicted octanol–water partition coefficient (Wildman–Crippen LogP) is 1.67. The minimum atomic E-state index is -3.33. The summed E-state index contributed by atoms with van der Waals surface area (Å²) >= 11 is 5.96. The van der Waals surface area contributed by atoms with E-state index < -0.39 is 9.84 Å². The number of nitrogens with zero attached hydrogens (tertiary/aromatic N) is 1. The molecule has 4 nitrogen and oxygen atoms in total. The van der Waals surface area contributed by atoms with Gasteiger partial charge in [0.1, 0.15) is 6.61 Å². The molecule has 85 valence electrons. The van der Waals surface area contributed by atoms with Gasteiger partial charge in [-0.05, 0) is 6.07 Å². The number of benzene rings is 1. The minimum Gasteiger partial charge on any atom is -0.395 e. The Morgan fingerprint density at radius 3 is 2.88 bits per heavy atom. The molecular formula is C10H9ClNO3S. The van der Waals surface area contributed by atoms with E-state index in [4.69, 9.17) is 16.4 Å². The first-order valence-electron chi connectivity index (χ1n) is 4.59. The molecule has 0 aliphatic carbocycles. The molecule has 0 atom stereocenters. The van der Waals surface area contributed by atoms with Crippen molar-refractivity contribution in [2.45, 2.75) is 11.3 Å². The van der Waals surface area contributed by atoms with Crippen LogP contribution in [0.2, 0.25) is 5.02 Å². The average Bonchev–Trinajstić information content (AvgIpc) is 2.68. The molecule has 0 bridgehead atoms. The Balaban J connectivity index is 2.67. The molecule has 0 unspecified atom stereocenters. The lowest BCUT2D eigenvalue weighted by molar-refractivity contribution is 0.174. The van der Waals surface area contributed by atoms with Gasteiger partial charge >= 0.3 is 0 Å². The molecule has 0 fully saturated rings. The second kappa shape index (κ2) is 4.07. The molecule has 1 heterocycles. The first kappa shape index (κ1) is 11.4. The monoisotopic (exact) mass is 258 g/mol. The molecule has 0 N–H and O–H groups in total. The van der Waals surface area contributed by atoms with Crippen LogP contribution in [0.4, 0.5) is 0 Å². The van der Waals surface area contributed by atoms with E-state index >= 15 is 0 Å². The second-order valence-corrected chi connectivity index (χ2v) is 5.79. The van der Waals surface area contributed by atoms with Gasteiger partial charge in [-0.15, -0.1) is 0 Å². The van der Waals surface area contributed by atoms with Crippen LogP contribution >= 0.6 is 11.6 Å². The summed E-state index contributed by atoms with van der Waals surface area (Å²) in [5.41, 5.74) is 0.964. The van der Waals surface area contributed by atoms with Crippen LogP contribution in [0.15, 0.2) is 22.2 Å². The van der Waals surface area contributed by atoms with Gasteiger partial charge in [0.05, 0.1) is 15.6 Å². The van der Waals surface area contributed by atoms with Gasteiger partial charge in [0.25, 0.3) is 0 Å². The first-order valence-corrected chi connectivity index (χ1v) is 6.86. The van der Waals surface area contributed by atoms with E-state index in [1.807, 2.05) is 0 Å². The number of halogens is 1. The smallest absolute Gasteiger partial charge is 0.176 e. The van der Waals surface area contributed by atoms with Gasteiger partial charge in [-0.2, -0.15) is 0 Å². The Labute approximate surface area is 98.8 Å². The molecule has 0 aromatic heterocycles. The molecule has 1 aromatic carbocycles. The van der Waals surface area contributed by atoms with Crippen molar-refractivity contribution in [1.82, 2.24) is 0 Å². The summed E-state index contributed by atoms with van der Waals surface area (Å²) in [6.07, 6.45) is 1.69. The molecule has 0 amide bonds. The number of hydrogen-bond acceptors (Lipinski definition) is 4. The lowest BCUT2D eigenvalue weighted by atomic mass is 10.1. The summed E-state index contributed by atoms with van der Waals surface area (Å²) < 4.78 is 23.2.